The fourth-order valence-electron chi connectivity index (χ4n) is 5.30. The Hall–Kier alpha value is -3.41. The lowest BCUT2D eigenvalue weighted by Gasteiger charge is -2.37. The number of amides is 1. The van der Waals surface area contributed by atoms with Crippen molar-refractivity contribution in [1.82, 2.24) is 14.9 Å². The average molecular weight is 471 g/mol. The Balaban J connectivity index is 1.14. The molecule has 6 nitrogen and oxygen atoms in total. The average Bonchev–Trinajstić information content (AvgIpc) is 2.90. The molecule has 2 aliphatic heterocycles. The van der Waals surface area contributed by atoms with E-state index in [1.54, 1.807) is 12.4 Å². The van der Waals surface area contributed by atoms with E-state index < -0.39 is 0 Å². The van der Waals surface area contributed by atoms with Crippen LogP contribution in [0, 0.1) is 18.8 Å². The first-order valence-electron chi connectivity index (χ1n) is 12.8. The van der Waals surface area contributed by atoms with Gasteiger partial charge in [0.25, 0.3) is 5.88 Å². The number of benzene rings is 2. The quantitative estimate of drug-likeness (QED) is 0.491. The van der Waals surface area contributed by atoms with E-state index in [0.717, 1.165) is 75.4 Å². The zero-order chi connectivity index (χ0) is 24.0. The second-order valence-electron chi connectivity index (χ2n) is 9.82. The standard InChI is InChI=1S/C29H34N4O2/c1-22-6-5-9-26(20-22)35-28-27(30-14-15-31-28)32-18-12-25(13-19-32)29(34)33-16-10-24(11-17-33)21-23-7-3-2-4-8-23/h2-9,14-15,20,24-25H,10-13,16-19,21H2,1H3. The van der Waals surface area contributed by atoms with E-state index in [1.807, 2.05) is 31.2 Å². The molecule has 0 unspecified atom stereocenters. The summed E-state index contributed by atoms with van der Waals surface area (Å²) in [6.45, 7) is 5.37. The smallest absolute Gasteiger partial charge is 0.263 e. The molecule has 5 rings (SSSR count). The molecule has 0 N–H and O–H groups in total. The van der Waals surface area contributed by atoms with E-state index in [-0.39, 0.29) is 5.92 Å². The molecule has 0 aliphatic carbocycles. The van der Waals surface area contributed by atoms with Crippen LogP contribution in [0.3, 0.4) is 0 Å². The van der Waals surface area contributed by atoms with Crippen molar-refractivity contribution in [2.24, 2.45) is 11.8 Å². The van der Waals surface area contributed by atoms with Gasteiger partial charge in [-0.1, -0.05) is 42.5 Å². The molecule has 6 heteroatoms. The van der Waals surface area contributed by atoms with Gasteiger partial charge in [0.2, 0.25) is 5.91 Å². The minimum atomic E-state index is 0.0923. The molecular weight excluding hydrogens is 436 g/mol. The molecule has 3 aromatic rings. The van der Waals surface area contributed by atoms with Crippen molar-refractivity contribution in [3.8, 4) is 11.6 Å². The topological polar surface area (TPSA) is 58.6 Å². The van der Waals surface area contributed by atoms with Crippen LogP contribution in [0.15, 0.2) is 67.0 Å². The van der Waals surface area contributed by atoms with Gasteiger partial charge in [-0.05, 0) is 68.2 Å². The second-order valence-corrected chi connectivity index (χ2v) is 9.82. The van der Waals surface area contributed by atoms with E-state index in [4.69, 9.17) is 4.74 Å². The van der Waals surface area contributed by atoms with Crippen LogP contribution in [0.1, 0.15) is 36.8 Å². The van der Waals surface area contributed by atoms with Crippen LogP contribution >= 0.6 is 0 Å². The minimum Gasteiger partial charge on any atom is -0.436 e. The van der Waals surface area contributed by atoms with Crippen molar-refractivity contribution in [3.05, 3.63) is 78.1 Å². The van der Waals surface area contributed by atoms with Gasteiger partial charge in [-0.15, -0.1) is 0 Å². The van der Waals surface area contributed by atoms with Crippen LogP contribution in [0.25, 0.3) is 0 Å². The third-order valence-electron chi connectivity index (χ3n) is 7.29. The summed E-state index contributed by atoms with van der Waals surface area (Å²) in [5, 5.41) is 0. The number of ether oxygens (including phenoxy) is 1. The molecule has 2 fully saturated rings. The normalized spacial score (nSPS) is 17.4. The first-order valence-corrected chi connectivity index (χ1v) is 12.8. The zero-order valence-corrected chi connectivity index (χ0v) is 20.5. The highest BCUT2D eigenvalue weighted by Gasteiger charge is 2.32. The zero-order valence-electron chi connectivity index (χ0n) is 20.5. The van der Waals surface area contributed by atoms with Gasteiger partial charge in [-0.25, -0.2) is 9.97 Å². The van der Waals surface area contributed by atoms with Gasteiger partial charge >= 0.3 is 0 Å². The number of carbonyl (C=O) groups excluding carboxylic acids is 1. The third-order valence-corrected chi connectivity index (χ3v) is 7.29. The fraction of sp³-hybridized carbons (Fsp3) is 0.414. The largest absolute Gasteiger partial charge is 0.436 e. The molecule has 3 heterocycles. The van der Waals surface area contributed by atoms with Crippen molar-refractivity contribution in [1.29, 1.82) is 0 Å². The van der Waals surface area contributed by atoms with E-state index >= 15 is 0 Å². The number of anilines is 1. The highest BCUT2D eigenvalue weighted by Crippen LogP contribution is 2.32. The Morgan fingerprint density at radius 2 is 1.66 bits per heavy atom. The molecule has 2 aromatic carbocycles. The summed E-state index contributed by atoms with van der Waals surface area (Å²) in [5.74, 6) is 3.12. The van der Waals surface area contributed by atoms with E-state index in [1.165, 1.54) is 5.56 Å². The highest BCUT2D eigenvalue weighted by molar-refractivity contribution is 5.79. The minimum absolute atomic E-state index is 0.0923. The molecule has 2 aliphatic rings. The van der Waals surface area contributed by atoms with Gasteiger partial charge in [0, 0.05) is 44.5 Å². The molecular formula is C29H34N4O2. The van der Waals surface area contributed by atoms with Crippen molar-refractivity contribution in [3.63, 3.8) is 0 Å². The van der Waals surface area contributed by atoms with Gasteiger partial charge in [-0.3, -0.25) is 4.79 Å². The van der Waals surface area contributed by atoms with Gasteiger partial charge in [0.15, 0.2) is 5.82 Å². The number of rotatable bonds is 6. The van der Waals surface area contributed by atoms with Crippen LogP contribution in [-0.4, -0.2) is 47.0 Å². The maximum absolute atomic E-state index is 13.3. The molecule has 35 heavy (non-hydrogen) atoms. The Kier molecular flexibility index (Phi) is 7.26. The van der Waals surface area contributed by atoms with Crippen molar-refractivity contribution in [2.45, 2.75) is 39.0 Å². The summed E-state index contributed by atoms with van der Waals surface area (Å²) in [4.78, 5) is 26.6. The van der Waals surface area contributed by atoms with Crippen LogP contribution < -0.4 is 9.64 Å². The summed E-state index contributed by atoms with van der Waals surface area (Å²) in [6, 6.07) is 18.6. The summed E-state index contributed by atoms with van der Waals surface area (Å²) in [6.07, 6.45) is 8.35. The van der Waals surface area contributed by atoms with Gasteiger partial charge < -0.3 is 14.5 Å². The monoisotopic (exact) mass is 470 g/mol. The lowest BCUT2D eigenvalue weighted by atomic mass is 9.88. The van der Waals surface area contributed by atoms with Gasteiger partial charge in [0.05, 0.1) is 0 Å². The predicted octanol–water partition coefficient (Wildman–Crippen LogP) is 5.28. The molecule has 0 bridgehead atoms. The first kappa shape index (κ1) is 23.3. The van der Waals surface area contributed by atoms with Gasteiger partial charge in [0.1, 0.15) is 5.75 Å². The molecule has 2 saturated heterocycles. The van der Waals surface area contributed by atoms with Crippen LogP contribution in [0.5, 0.6) is 11.6 Å². The number of hydrogen-bond acceptors (Lipinski definition) is 5. The molecule has 0 atom stereocenters. The molecule has 0 saturated carbocycles. The number of aromatic nitrogens is 2. The van der Waals surface area contributed by atoms with E-state index in [9.17, 15) is 4.79 Å². The van der Waals surface area contributed by atoms with Crippen LogP contribution in [0.2, 0.25) is 0 Å². The Labute approximate surface area is 208 Å². The number of aryl methyl sites for hydroxylation is 1. The summed E-state index contributed by atoms with van der Waals surface area (Å²) >= 11 is 0. The predicted molar refractivity (Wildman–Crippen MR) is 138 cm³/mol. The SMILES string of the molecule is Cc1cccc(Oc2nccnc2N2CCC(C(=O)N3CCC(Cc4ccccc4)CC3)CC2)c1. The summed E-state index contributed by atoms with van der Waals surface area (Å²) < 4.78 is 6.08. The van der Waals surface area contributed by atoms with E-state index in [0.29, 0.717) is 17.7 Å². The Morgan fingerprint density at radius 3 is 2.40 bits per heavy atom. The maximum Gasteiger partial charge on any atom is 0.263 e. The van der Waals surface area contributed by atoms with Crippen LogP contribution in [-0.2, 0) is 11.2 Å². The molecule has 1 aromatic heterocycles. The first-order chi connectivity index (χ1) is 17.2. The maximum atomic E-state index is 13.3. The molecule has 1 amide bonds. The summed E-state index contributed by atoms with van der Waals surface area (Å²) in [7, 11) is 0. The van der Waals surface area contributed by atoms with Crippen molar-refractivity contribution >= 4 is 11.7 Å². The number of nitrogens with zero attached hydrogens (tertiary/aromatic N) is 4. The number of hydrogen-bond donors (Lipinski definition) is 0. The Morgan fingerprint density at radius 1 is 0.914 bits per heavy atom. The second kappa shape index (κ2) is 10.9. The van der Waals surface area contributed by atoms with Crippen molar-refractivity contribution < 1.29 is 9.53 Å². The number of carbonyl (C=O) groups is 1. The lowest BCUT2D eigenvalue weighted by molar-refractivity contribution is -0.137. The lowest BCUT2D eigenvalue weighted by Crippen LogP contribution is -2.45. The number of piperidine rings is 2. The highest BCUT2D eigenvalue weighted by atomic mass is 16.5. The van der Waals surface area contributed by atoms with Gasteiger partial charge in [-0.2, -0.15) is 0 Å². The number of likely N-dealkylation sites (tertiary alicyclic amines) is 1. The third kappa shape index (κ3) is 5.81. The fourth-order valence-corrected chi connectivity index (χ4v) is 5.30. The van der Waals surface area contributed by atoms with Crippen molar-refractivity contribution in [2.75, 3.05) is 31.1 Å². The molecule has 0 radical (unpaired) electrons. The summed E-state index contributed by atoms with van der Waals surface area (Å²) in [5.41, 5.74) is 2.54. The van der Waals surface area contributed by atoms with Crippen LogP contribution in [0.4, 0.5) is 5.82 Å². The van der Waals surface area contributed by atoms with E-state index in [2.05, 4.69) is 50.1 Å². The molecule has 182 valence electrons. The Bertz CT molecular complexity index is 1120. The molecule has 0 spiro atoms.